The van der Waals surface area contributed by atoms with E-state index in [0.717, 1.165) is 16.8 Å². The maximum Gasteiger partial charge on any atom is 0.303 e. The van der Waals surface area contributed by atoms with Gasteiger partial charge in [0.15, 0.2) is 6.29 Å². The minimum atomic E-state index is -1.03. The van der Waals surface area contributed by atoms with Crippen molar-refractivity contribution < 1.29 is 29.3 Å². The number of aliphatic hydroxyl groups is 1. The summed E-state index contributed by atoms with van der Waals surface area (Å²) in [5.74, 6) is -0.857. The van der Waals surface area contributed by atoms with E-state index >= 15 is 0 Å². The lowest BCUT2D eigenvalue weighted by atomic mass is 10.0. The first-order valence-electron chi connectivity index (χ1n) is 13.1. The summed E-state index contributed by atoms with van der Waals surface area (Å²) in [5.41, 5.74) is 3.85. The highest BCUT2D eigenvalue weighted by Crippen LogP contribution is 2.39. The molecule has 11 nitrogen and oxygen atoms in total. The number of para-hydroxylation sites is 1. The number of amides is 1. The van der Waals surface area contributed by atoms with Crippen LogP contribution in [0.15, 0.2) is 84.0 Å². The molecule has 0 radical (unpaired) electrons. The predicted molar refractivity (Wildman–Crippen MR) is 150 cm³/mol. The van der Waals surface area contributed by atoms with Crippen LogP contribution in [0.5, 0.6) is 0 Å². The molecular weight excluding hydrogens is 546 g/mol. The Bertz CT molecular complexity index is 1470. The van der Waals surface area contributed by atoms with Crippen LogP contribution in [0.1, 0.15) is 48.3 Å². The van der Waals surface area contributed by atoms with Crippen LogP contribution in [0.4, 0.5) is 5.69 Å². The van der Waals surface area contributed by atoms with E-state index in [1.54, 1.807) is 22.9 Å². The highest BCUT2D eigenvalue weighted by atomic mass is 32.2. The van der Waals surface area contributed by atoms with Crippen molar-refractivity contribution in [2.24, 2.45) is 0 Å². The van der Waals surface area contributed by atoms with E-state index in [-0.39, 0.29) is 37.6 Å². The van der Waals surface area contributed by atoms with Crippen LogP contribution in [-0.2, 0) is 25.7 Å². The number of aliphatic carboxylic acids is 1. The Kier molecular flexibility index (Phi) is 9.36. The second kappa shape index (κ2) is 13.5. The van der Waals surface area contributed by atoms with Gasteiger partial charge in [-0.3, -0.25) is 9.59 Å². The molecule has 12 heteroatoms. The number of benzene rings is 3. The van der Waals surface area contributed by atoms with Crippen molar-refractivity contribution in [3.63, 3.8) is 0 Å². The van der Waals surface area contributed by atoms with E-state index in [9.17, 15) is 14.7 Å². The third-order valence-electron chi connectivity index (χ3n) is 6.46. The Labute approximate surface area is 240 Å². The molecule has 0 aliphatic carbocycles. The highest BCUT2D eigenvalue weighted by molar-refractivity contribution is 7.99. The van der Waals surface area contributed by atoms with Crippen molar-refractivity contribution in [3.05, 3.63) is 95.6 Å². The lowest BCUT2D eigenvalue weighted by molar-refractivity contribution is -0.245. The number of hydrogen-bond acceptors (Lipinski definition) is 9. The molecule has 212 valence electrons. The quantitative estimate of drug-likeness (QED) is 0.221. The molecular formula is C29H29N5O6S. The maximum absolute atomic E-state index is 12.2. The zero-order valence-corrected chi connectivity index (χ0v) is 22.8. The summed E-state index contributed by atoms with van der Waals surface area (Å²) in [6.45, 7) is -0.0437. The highest BCUT2D eigenvalue weighted by Gasteiger charge is 2.33. The number of hydrogen-bond donors (Lipinski definition) is 3. The van der Waals surface area contributed by atoms with E-state index in [2.05, 4.69) is 20.8 Å². The van der Waals surface area contributed by atoms with E-state index in [0.29, 0.717) is 28.6 Å². The van der Waals surface area contributed by atoms with Gasteiger partial charge in [-0.05, 0) is 45.8 Å². The Morgan fingerprint density at radius 2 is 1.78 bits per heavy atom. The van der Waals surface area contributed by atoms with Crippen LogP contribution in [0.2, 0.25) is 0 Å². The smallest absolute Gasteiger partial charge is 0.303 e. The van der Waals surface area contributed by atoms with Crippen LogP contribution >= 0.6 is 11.8 Å². The van der Waals surface area contributed by atoms with E-state index in [1.807, 2.05) is 60.7 Å². The third kappa shape index (κ3) is 7.55. The molecule has 4 aromatic rings. The summed E-state index contributed by atoms with van der Waals surface area (Å²) in [6, 6.07) is 24.4. The number of nitrogens with one attached hydrogen (secondary N) is 1. The monoisotopic (exact) mass is 575 g/mol. The van der Waals surface area contributed by atoms with Gasteiger partial charge in [-0.1, -0.05) is 66.4 Å². The topological polar surface area (TPSA) is 149 Å². The van der Waals surface area contributed by atoms with Crippen LogP contribution in [-0.4, -0.2) is 54.2 Å². The second-order valence-corrected chi connectivity index (χ2v) is 10.4. The molecule has 1 aromatic heterocycles. The fraction of sp³-hybridized carbons (Fsp3) is 0.276. The molecule has 1 amide bonds. The number of aliphatic hydroxyl groups excluding tert-OH is 1. The fourth-order valence-corrected chi connectivity index (χ4v) is 5.31. The first-order valence-corrected chi connectivity index (χ1v) is 14.1. The number of ether oxygens (including phenoxy) is 2. The third-order valence-corrected chi connectivity index (χ3v) is 7.51. The normalized spacial score (nSPS) is 18.6. The Hall–Kier alpha value is -4.10. The van der Waals surface area contributed by atoms with Gasteiger partial charge in [0, 0.05) is 29.8 Å². The van der Waals surface area contributed by atoms with Gasteiger partial charge in [0.2, 0.25) is 11.1 Å². The number of anilines is 1. The minimum absolute atomic E-state index is 0.0437. The van der Waals surface area contributed by atoms with Crippen molar-refractivity contribution in [2.75, 3.05) is 11.1 Å². The molecule has 5 rings (SSSR count). The van der Waals surface area contributed by atoms with Gasteiger partial charge in [-0.15, -0.1) is 5.10 Å². The van der Waals surface area contributed by atoms with Gasteiger partial charge in [0.1, 0.15) is 0 Å². The number of aromatic nitrogens is 4. The van der Waals surface area contributed by atoms with Crippen molar-refractivity contribution in [3.8, 4) is 5.69 Å². The maximum atomic E-state index is 12.2. The van der Waals surface area contributed by atoms with Crippen molar-refractivity contribution in [1.82, 2.24) is 20.2 Å². The van der Waals surface area contributed by atoms with E-state index in [1.165, 1.54) is 11.8 Å². The van der Waals surface area contributed by atoms with E-state index in [4.69, 9.17) is 14.6 Å². The molecule has 0 saturated carbocycles. The molecule has 3 aromatic carbocycles. The molecule has 0 unspecified atom stereocenters. The van der Waals surface area contributed by atoms with Gasteiger partial charge < -0.3 is 25.0 Å². The van der Waals surface area contributed by atoms with Crippen LogP contribution in [0.3, 0.4) is 0 Å². The van der Waals surface area contributed by atoms with Crippen molar-refractivity contribution >= 4 is 29.3 Å². The summed E-state index contributed by atoms with van der Waals surface area (Å²) in [5, 5.41) is 33.9. The first kappa shape index (κ1) is 28.4. The average Bonchev–Trinajstić information content (AvgIpc) is 3.48. The van der Waals surface area contributed by atoms with Crippen LogP contribution in [0.25, 0.3) is 5.69 Å². The SMILES string of the molecule is O=C(O)CCC(=O)Nc1cccc([C@@H]2O[C@H](CSc3nnnn3-c3ccccc3)C[C@H](c3ccc(CO)cc3)O2)c1. The molecule has 3 atom stereocenters. The predicted octanol–water partition coefficient (Wildman–Crippen LogP) is 4.30. The van der Waals surface area contributed by atoms with Crippen molar-refractivity contribution in [2.45, 2.75) is 49.5 Å². The van der Waals surface area contributed by atoms with Gasteiger partial charge in [0.25, 0.3) is 0 Å². The minimum Gasteiger partial charge on any atom is -0.481 e. The largest absolute Gasteiger partial charge is 0.481 e. The molecule has 1 fully saturated rings. The van der Waals surface area contributed by atoms with Crippen LogP contribution in [0, 0.1) is 0 Å². The number of carbonyl (C=O) groups is 2. The Balaban J connectivity index is 1.34. The summed E-state index contributed by atoms with van der Waals surface area (Å²) >= 11 is 1.48. The second-order valence-electron chi connectivity index (χ2n) is 9.44. The number of nitrogens with zero attached hydrogens (tertiary/aromatic N) is 4. The zero-order chi connectivity index (χ0) is 28.6. The summed E-state index contributed by atoms with van der Waals surface area (Å²) in [7, 11) is 0. The number of tetrazole rings is 1. The molecule has 1 saturated heterocycles. The van der Waals surface area contributed by atoms with E-state index < -0.39 is 12.3 Å². The summed E-state index contributed by atoms with van der Waals surface area (Å²) in [6.07, 6.45) is -1.02. The first-order chi connectivity index (χ1) is 20.0. The number of carboxylic acids is 1. The lowest BCUT2D eigenvalue weighted by Crippen LogP contribution is -2.31. The number of rotatable bonds is 11. The number of carbonyl (C=O) groups excluding carboxylic acids is 1. The summed E-state index contributed by atoms with van der Waals surface area (Å²) in [4.78, 5) is 23.0. The van der Waals surface area contributed by atoms with Gasteiger partial charge in [-0.25, -0.2) is 0 Å². The van der Waals surface area contributed by atoms with Gasteiger partial charge >= 0.3 is 5.97 Å². The molecule has 1 aliphatic heterocycles. The number of carboxylic acid groups (broad SMARTS) is 1. The molecule has 0 bridgehead atoms. The molecule has 3 N–H and O–H groups in total. The standard InChI is InChI=1S/C29H29N5O6S/c35-17-19-9-11-20(12-10-19)25-16-24(18-41-29-31-32-33-34(29)23-7-2-1-3-8-23)39-28(40-25)21-5-4-6-22(15-21)30-26(36)13-14-27(37)38/h1-12,15,24-25,28,35H,13-14,16-18H2,(H,30,36)(H,37,38)/t24-,25+,28+/m0/s1. The average molecular weight is 576 g/mol. The van der Waals surface area contributed by atoms with Gasteiger partial charge in [-0.2, -0.15) is 4.68 Å². The Morgan fingerprint density at radius 1 is 0.976 bits per heavy atom. The van der Waals surface area contributed by atoms with Crippen molar-refractivity contribution in [1.29, 1.82) is 0 Å². The lowest BCUT2D eigenvalue weighted by Gasteiger charge is -2.36. The zero-order valence-electron chi connectivity index (χ0n) is 22.0. The summed E-state index contributed by atoms with van der Waals surface area (Å²) < 4.78 is 14.5. The Morgan fingerprint density at radius 3 is 2.54 bits per heavy atom. The number of thioether (sulfide) groups is 1. The molecule has 41 heavy (non-hydrogen) atoms. The van der Waals surface area contributed by atoms with Crippen LogP contribution < -0.4 is 5.32 Å². The fourth-order valence-electron chi connectivity index (χ4n) is 4.40. The molecule has 1 aliphatic rings. The van der Waals surface area contributed by atoms with Gasteiger partial charge in [0.05, 0.1) is 30.9 Å². The molecule has 0 spiro atoms. The molecule has 2 heterocycles.